The van der Waals surface area contributed by atoms with Crippen LogP contribution in [0.1, 0.15) is 29.5 Å². The lowest BCUT2D eigenvalue weighted by molar-refractivity contribution is -0.142. The highest BCUT2D eigenvalue weighted by atomic mass is 32.1. The molecule has 0 spiro atoms. The molecule has 3 aliphatic heterocycles. The van der Waals surface area contributed by atoms with Gasteiger partial charge in [0.05, 0.1) is 18.3 Å². The van der Waals surface area contributed by atoms with E-state index in [1.54, 1.807) is 16.2 Å². The Morgan fingerprint density at radius 1 is 1.15 bits per heavy atom. The molecule has 2 atom stereocenters. The molecule has 0 unspecified atom stereocenters. The number of aryl methyl sites for hydroxylation is 2. The highest BCUT2D eigenvalue weighted by molar-refractivity contribution is 7.20. The topological polar surface area (TPSA) is 117 Å². The van der Waals surface area contributed by atoms with Crippen molar-refractivity contribution >= 4 is 49.6 Å². The van der Waals surface area contributed by atoms with Crippen molar-refractivity contribution in [1.29, 1.82) is 5.26 Å². The van der Waals surface area contributed by atoms with Crippen LogP contribution in [0.15, 0.2) is 24.3 Å². The van der Waals surface area contributed by atoms with Gasteiger partial charge < -0.3 is 19.8 Å². The first-order chi connectivity index (χ1) is 19.8. The molecule has 3 fully saturated rings. The van der Waals surface area contributed by atoms with Crippen molar-refractivity contribution in [2.24, 2.45) is 0 Å². The van der Waals surface area contributed by atoms with Crippen LogP contribution in [0.5, 0.6) is 0 Å². The number of aliphatic hydroxyl groups is 1. The number of nitriles is 1. The minimum Gasteiger partial charge on any atom is -0.389 e. The average Bonchev–Trinajstić information content (AvgIpc) is 3.76. The largest absolute Gasteiger partial charge is 0.389 e. The highest BCUT2D eigenvalue weighted by Crippen LogP contribution is 2.40. The van der Waals surface area contributed by atoms with Gasteiger partial charge in [-0.15, -0.1) is 5.10 Å². The van der Waals surface area contributed by atoms with E-state index < -0.39 is 0 Å². The summed E-state index contributed by atoms with van der Waals surface area (Å²) in [5.74, 6) is 0.973. The van der Waals surface area contributed by atoms with Gasteiger partial charge in [0.25, 0.3) is 0 Å². The second-order valence-corrected chi connectivity index (χ2v) is 13.0. The predicted octanol–water partition coefficient (Wildman–Crippen LogP) is 2.89. The van der Waals surface area contributed by atoms with Crippen LogP contribution in [0.4, 0.5) is 16.1 Å². The Labute approximate surface area is 245 Å². The number of aliphatic hydroxyl groups excluding tert-OH is 1. The number of carbonyl (C=O) groups excluding carboxylic acids is 1. The average molecular weight is 590 g/mol. The number of nitrogens with zero attached hydrogens (tertiary/aromatic N) is 9. The van der Waals surface area contributed by atoms with Crippen LogP contribution in [0.25, 0.3) is 16.2 Å². The number of fused-ring (bicyclic) bond motifs is 3. The van der Waals surface area contributed by atoms with Crippen LogP contribution in [0.2, 0.25) is 0 Å². The summed E-state index contributed by atoms with van der Waals surface area (Å²) in [6.45, 7) is 7.12. The number of hydrogen-bond acceptors (Lipinski definition) is 11. The SMILES string of the molecule is CCc1nc2sc(N3C[C@@H]4C[C@H]3CN4CC(=O)N3CC(O)C3)nn2c1N(C)c1nc(-c2ccc(C)cc2)c(C#N)s1. The molecular formula is C28H31N9O2S2. The van der Waals surface area contributed by atoms with E-state index in [9.17, 15) is 15.2 Å². The van der Waals surface area contributed by atoms with Gasteiger partial charge in [-0.2, -0.15) is 9.78 Å². The van der Waals surface area contributed by atoms with E-state index in [1.165, 1.54) is 11.3 Å². The summed E-state index contributed by atoms with van der Waals surface area (Å²) in [5.41, 5.74) is 3.72. The normalized spacial score (nSPS) is 20.7. The predicted molar refractivity (Wildman–Crippen MR) is 159 cm³/mol. The Kier molecular flexibility index (Phi) is 6.46. The number of hydrogen-bond donors (Lipinski definition) is 1. The van der Waals surface area contributed by atoms with Crippen LogP contribution in [-0.4, -0.2) is 98.4 Å². The van der Waals surface area contributed by atoms with Crippen molar-refractivity contribution in [1.82, 2.24) is 29.4 Å². The summed E-state index contributed by atoms with van der Waals surface area (Å²) >= 11 is 2.97. The molecule has 3 saturated heterocycles. The molecule has 3 aliphatic rings. The lowest BCUT2D eigenvalue weighted by Crippen LogP contribution is -2.57. The van der Waals surface area contributed by atoms with Crippen LogP contribution in [0, 0.1) is 18.3 Å². The van der Waals surface area contributed by atoms with E-state index in [-0.39, 0.29) is 12.0 Å². The lowest BCUT2D eigenvalue weighted by Gasteiger charge is -2.39. The Morgan fingerprint density at radius 3 is 2.59 bits per heavy atom. The molecule has 1 amide bonds. The summed E-state index contributed by atoms with van der Waals surface area (Å²) in [4.78, 5) is 32.2. The number of aromatic nitrogens is 4. The van der Waals surface area contributed by atoms with Gasteiger partial charge >= 0.3 is 0 Å². The molecule has 1 N–H and O–H groups in total. The molecule has 7 rings (SSSR count). The van der Waals surface area contributed by atoms with E-state index in [4.69, 9.17) is 15.1 Å². The Bertz CT molecular complexity index is 1660. The van der Waals surface area contributed by atoms with Gasteiger partial charge in [-0.3, -0.25) is 9.69 Å². The maximum absolute atomic E-state index is 12.6. The second kappa shape index (κ2) is 10.1. The van der Waals surface area contributed by atoms with Crippen molar-refractivity contribution in [2.45, 2.75) is 44.9 Å². The third-order valence-electron chi connectivity index (χ3n) is 8.37. The number of thiazole rings is 1. The standard InChI is InChI=1S/C28H31N9O2S2/c1-4-21-25(33(3)26-31-24(22(10-29)40-26)17-7-5-16(2)6-8-17)37-27(30-21)41-28(32-37)36-12-18-9-19(36)11-34(18)15-23(39)35-13-20(38)14-35/h5-8,18-20,38H,4,9,11-15H2,1-3H3/t18-,19-/m0/s1. The fourth-order valence-electron chi connectivity index (χ4n) is 6.09. The van der Waals surface area contributed by atoms with Gasteiger partial charge in [-0.05, 0) is 19.8 Å². The van der Waals surface area contributed by atoms with E-state index in [0.29, 0.717) is 42.3 Å². The number of rotatable bonds is 7. The van der Waals surface area contributed by atoms with Crippen LogP contribution < -0.4 is 9.80 Å². The minimum absolute atomic E-state index is 0.106. The molecule has 1 aromatic carbocycles. The van der Waals surface area contributed by atoms with E-state index in [2.05, 4.69) is 22.8 Å². The molecule has 212 valence electrons. The lowest BCUT2D eigenvalue weighted by atomic mass is 10.1. The van der Waals surface area contributed by atoms with E-state index in [0.717, 1.165) is 63.8 Å². The molecule has 3 aromatic heterocycles. The molecule has 0 saturated carbocycles. The van der Waals surface area contributed by atoms with Crippen LogP contribution in [-0.2, 0) is 11.2 Å². The summed E-state index contributed by atoms with van der Waals surface area (Å²) < 4.78 is 1.92. The zero-order valence-corrected chi connectivity index (χ0v) is 24.8. The van der Waals surface area contributed by atoms with Crippen molar-refractivity contribution in [3.63, 3.8) is 0 Å². The number of amides is 1. The molecule has 6 heterocycles. The molecule has 2 bridgehead atoms. The number of piperazine rings is 1. The first-order valence-electron chi connectivity index (χ1n) is 13.9. The number of β-amino-alcohol motifs (C(OH)–C–C–N with tert-alkyl or cyclic N) is 1. The molecular weight excluding hydrogens is 559 g/mol. The number of likely N-dealkylation sites (tertiary alicyclic amines) is 2. The first-order valence-corrected chi connectivity index (χ1v) is 15.5. The van der Waals surface area contributed by atoms with Crippen molar-refractivity contribution in [2.75, 3.05) is 49.6 Å². The fraction of sp³-hybridized carbons (Fsp3) is 0.464. The minimum atomic E-state index is -0.371. The maximum Gasteiger partial charge on any atom is 0.236 e. The van der Waals surface area contributed by atoms with Crippen molar-refractivity contribution in [3.8, 4) is 17.3 Å². The van der Waals surface area contributed by atoms with Gasteiger partial charge in [-0.1, -0.05) is 59.4 Å². The Hall–Kier alpha value is -3.57. The zero-order chi connectivity index (χ0) is 28.4. The summed E-state index contributed by atoms with van der Waals surface area (Å²) in [7, 11) is 1.96. The third-order valence-corrected chi connectivity index (χ3v) is 10.4. The first kappa shape index (κ1) is 26.3. The van der Waals surface area contributed by atoms with E-state index in [1.807, 2.05) is 47.7 Å². The van der Waals surface area contributed by atoms with Gasteiger partial charge in [0.15, 0.2) is 10.9 Å². The van der Waals surface area contributed by atoms with Gasteiger partial charge in [0, 0.05) is 50.9 Å². The van der Waals surface area contributed by atoms with Crippen LogP contribution in [0.3, 0.4) is 0 Å². The molecule has 13 heteroatoms. The molecule has 41 heavy (non-hydrogen) atoms. The third kappa shape index (κ3) is 4.46. The highest BCUT2D eigenvalue weighted by Gasteiger charge is 2.46. The molecule has 0 radical (unpaired) electrons. The number of anilines is 3. The second-order valence-electron chi connectivity index (χ2n) is 11.1. The Balaban J connectivity index is 1.13. The quantitative estimate of drug-likeness (QED) is 0.347. The Morgan fingerprint density at radius 2 is 1.93 bits per heavy atom. The van der Waals surface area contributed by atoms with Crippen molar-refractivity contribution < 1.29 is 9.90 Å². The van der Waals surface area contributed by atoms with Crippen molar-refractivity contribution in [3.05, 3.63) is 40.4 Å². The number of imidazole rings is 1. The zero-order valence-electron chi connectivity index (χ0n) is 23.2. The monoisotopic (exact) mass is 589 g/mol. The summed E-state index contributed by atoms with van der Waals surface area (Å²) in [6, 6.07) is 11.0. The summed E-state index contributed by atoms with van der Waals surface area (Å²) in [5, 5.41) is 26.1. The maximum atomic E-state index is 12.6. The number of benzene rings is 1. The molecule has 11 nitrogen and oxygen atoms in total. The number of carbonyl (C=O) groups is 1. The molecule has 4 aromatic rings. The molecule has 0 aliphatic carbocycles. The van der Waals surface area contributed by atoms with E-state index >= 15 is 0 Å². The van der Waals surface area contributed by atoms with Gasteiger partial charge in [0.2, 0.25) is 16.0 Å². The summed E-state index contributed by atoms with van der Waals surface area (Å²) in [6.07, 6.45) is 1.39. The van der Waals surface area contributed by atoms with Gasteiger partial charge in [0.1, 0.15) is 16.6 Å². The van der Waals surface area contributed by atoms with Crippen LogP contribution >= 0.6 is 22.7 Å². The smallest absolute Gasteiger partial charge is 0.236 e. The fourth-order valence-corrected chi connectivity index (χ4v) is 7.94. The van der Waals surface area contributed by atoms with Gasteiger partial charge in [-0.25, -0.2) is 9.97 Å².